The molecule has 0 aliphatic carbocycles. The van der Waals surface area contributed by atoms with Crippen LogP contribution in [0, 0.1) is 0 Å². The van der Waals surface area contributed by atoms with E-state index >= 15 is 0 Å². The smallest absolute Gasteiger partial charge is 0.211 e. The van der Waals surface area contributed by atoms with Gasteiger partial charge in [-0.05, 0) is 12.1 Å². The Kier molecular flexibility index (Phi) is 3.85. The van der Waals surface area contributed by atoms with Crippen molar-refractivity contribution in [1.29, 1.82) is 0 Å². The second kappa shape index (κ2) is 5.22. The highest BCUT2D eigenvalue weighted by Gasteiger charge is 2.09. The lowest BCUT2D eigenvalue weighted by Crippen LogP contribution is -2.31. The van der Waals surface area contributed by atoms with Crippen molar-refractivity contribution in [3.8, 4) is 0 Å². The fraction of sp³-hybridized carbons (Fsp3) is 0.200. The standard InChI is InChI=1S/C10H9Cl2N5.ClH/c11-6-3-8-9(4-7(6)12)17(5-15-8)16-10-13-1-2-14-10;/h3-5H,1-2H2,(H2,13,14,16);1H. The number of aromatic nitrogens is 2. The minimum absolute atomic E-state index is 0. The molecule has 2 heterocycles. The summed E-state index contributed by atoms with van der Waals surface area (Å²) in [6.45, 7) is 1.63. The molecule has 1 aliphatic rings. The molecule has 0 fully saturated rings. The van der Waals surface area contributed by atoms with E-state index < -0.39 is 0 Å². The first-order valence-electron chi connectivity index (χ1n) is 5.11. The topological polar surface area (TPSA) is 54.2 Å². The largest absolute Gasteiger partial charge is 0.353 e. The molecule has 2 N–H and O–H groups in total. The molecule has 96 valence electrons. The molecule has 2 aromatic rings. The Morgan fingerprint density at radius 2 is 2.06 bits per heavy atom. The summed E-state index contributed by atoms with van der Waals surface area (Å²) < 4.78 is 1.76. The van der Waals surface area contributed by atoms with Crippen LogP contribution >= 0.6 is 35.6 Å². The van der Waals surface area contributed by atoms with Crippen molar-refractivity contribution in [3.05, 3.63) is 28.5 Å². The number of nitrogens with zero attached hydrogens (tertiary/aromatic N) is 3. The van der Waals surface area contributed by atoms with Gasteiger partial charge in [0.05, 0.1) is 27.6 Å². The third kappa shape index (κ3) is 2.34. The molecular formula is C10H10Cl3N5. The van der Waals surface area contributed by atoms with E-state index in [1.54, 1.807) is 23.1 Å². The fourth-order valence-corrected chi connectivity index (χ4v) is 2.00. The van der Waals surface area contributed by atoms with E-state index in [-0.39, 0.29) is 12.4 Å². The molecule has 0 radical (unpaired) electrons. The number of hydrogen-bond donors (Lipinski definition) is 2. The van der Waals surface area contributed by atoms with Crippen molar-refractivity contribution in [3.63, 3.8) is 0 Å². The number of nitrogens with one attached hydrogen (secondary N) is 2. The average Bonchev–Trinajstić information content (AvgIpc) is 2.92. The Hall–Kier alpha value is -1.17. The molecule has 0 amide bonds. The second-order valence-corrected chi connectivity index (χ2v) is 4.45. The summed E-state index contributed by atoms with van der Waals surface area (Å²) in [5, 5.41) is 4.12. The van der Waals surface area contributed by atoms with Crippen molar-refractivity contribution in [2.75, 3.05) is 18.5 Å². The van der Waals surface area contributed by atoms with E-state index in [2.05, 4.69) is 20.7 Å². The van der Waals surface area contributed by atoms with Gasteiger partial charge < -0.3 is 5.32 Å². The predicted molar refractivity (Wildman–Crippen MR) is 76.7 cm³/mol. The van der Waals surface area contributed by atoms with Crippen molar-refractivity contribution >= 4 is 52.6 Å². The van der Waals surface area contributed by atoms with E-state index in [9.17, 15) is 0 Å². The van der Waals surface area contributed by atoms with Gasteiger partial charge in [-0.2, -0.15) is 0 Å². The Bertz CT molecular complexity index is 607. The maximum Gasteiger partial charge on any atom is 0.211 e. The van der Waals surface area contributed by atoms with Crippen LogP contribution in [0.5, 0.6) is 0 Å². The zero-order valence-corrected chi connectivity index (χ0v) is 11.5. The van der Waals surface area contributed by atoms with Gasteiger partial charge >= 0.3 is 0 Å². The van der Waals surface area contributed by atoms with Gasteiger partial charge in [-0.25, -0.2) is 9.66 Å². The molecule has 1 aliphatic heterocycles. The number of halogens is 3. The highest BCUT2D eigenvalue weighted by atomic mass is 35.5. The highest BCUT2D eigenvalue weighted by molar-refractivity contribution is 6.42. The summed E-state index contributed by atoms with van der Waals surface area (Å²) in [4.78, 5) is 8.48. The summed E-state index contributed by atoms with van der Waals surface area (Å²) in [5.74, 6) is 0.732. The van der Waals surface area contributed by atoms with E-state index in [0.29, 0.717) is 10.0 Å². The van der Waals surface area contributed by atoms with Crippen LogP contribution in [0.3, 0.4) is 0 Å². The summed E-state index contributed by atoms with van der Waals surface area (Å²) in [6, 6.07) is 3.51. The van der Waals surface area contributed by atoms with Gasteiger partial charge in [-0.3, -0.25) is 10.4 Å². The van der Waals surface area contributed by atoms with E-state index in [0.717, 1.165) is 30.1 Å². The third-order valence-corrected chi connectivity index (χ3v) is 3.21. The Labute approximate surface area is 120 Å². The molecule has 5 nitrogen and oxygen atoms in total. The van der Waals surface area contributed by atoms with Crippen molar-refractivity contribution in [2.24, 2.45) is 4.99 Å². The van der Waals surface area contributed by atoms with Crippen LogP contribution in [-0.4, -0.2) is 28.7 Å². The van der Waals surface area contributed by atoms with Crippen LogP contribution in [0.2, 0.25) is 10.0 Å². The molecule has 18 heavy (non-hydrogen) atoms. The van der Waals surface area contributed by atoms with E-state index in [1.807, 2.05) is 0 Å². The number of imidazole rings is 1. The molecule has 0 unspecified atom stereocenters. The molecule has 1 aromatic heterocycles. The first-order valence-corrected chi connectivity index (χ1v) is 5.87. The average molecular weight is 307 g/mol. The number of hydrogen-bond acceptors (Lipinski definition) is 4. The van der Waals surface area contributed by atoms with Gasteiger partial charge in [0, 0.05) is 6.54 Å². The number of fused-ring (bicyclic) bond motifs is 1. The van der Waals surface area contributed by atoms with Gasteiger partial charge in [0.1, 0.15) is 6.33 Å². The van der Waals surface area contributed by atoms with Gasteiger partial charge in [-0.1, -0.05) is 23.2 Å². The molecule has 0 saturated carbocycles. The second-order valence-electron chi connectivity index (χ2n) is 3.64. The Balaban J connectivity index is 0.00000120. The summed E-state index contributed by atoms with van der Waals surface area (Å²) in [6.07, 6.45) is 1.67. The molecule has 0 saturated heterocycles. The maximum atomic E-state index is 5.99. The quantitative estimate of drug-likeness (QED) is 0.850. The molecule has 0 spiro atoms. The molecule has 8 heteroatoms. The molecule has 0 bridgehead atoms. The van der Waals surface area contributed by atoms with Crippen LogP contribution in [0.1, 0.15) is 0 Å². The van der Waals surface area contributed by atoms with Gasteiger partial charge in [0.25, 0.3) is 0 Å². The van der Waals surface area contributed by atoms with Crippen LogP contribution in [0.15, 0.2) is 23.5 Å². The maximum absolute atomic E-state index is 5.99. The van der Waals surface area contributed by atoms with E-state index in [4.69, 9.17) is 23.2 Å². The van der Waals surface area contributed by atoms with Crippen LogP contribution in [-0.2, 0) is 0 Å². The SMILES string of the molecule is Cl.Clc1cc2ncn(NC3=NCCN3)c2cc1Cl. The molecular weight excluding hydrogens is 297 g/mol. The first kappa shape index (κ1) is 13.3. The molecule has 1 aromatic carbocycles. The van der Waals surface area contributed by atoms with Gasteiger partial charge in [-0.15, -0.1) is 12.4 Å². The minimum atomic E-state index is 0. The lowest BCUT2D eigenvalue weighted by atomic mass is 10.3. The number of benzene rings is 1. The normalized spacial score (nSPS) is 14.0. The van der Waals surface area contributed by atoms with Crippen LogP contribution < -0.4 is 10.7 Å². The van der Waals surface area contributed by atoms with Crippen LogP contribution in [0.25, 0.3) is 11.0 Å². The number of guanidine groups is 1. The zero-order chi connectivity index (χ0) is 11.8. The lowest BCUT2D eigenvalue weighted by Gasteiger charge is -2.08. The lowest BCUT2D eigenvalue weighted by molar-refractivity contribution is 0.937. The first-order chi connectivity index (χ1) is 8.24. The summed E-state index contributed by atoms with van der Waals surface area (Å²) >= 11 is 11.9. The molecule has 3 rings (SSSR count). The van der Waals surface area contributed by atoms with Crippen molar-refractivity contribution in [1.82, 2.24) is 15.0 Å². The van der Waals surface area contributed by atoms with Gasteiger partial charge in [0.15, 0.2) is 0 Å². The minimum Gasteiger partial charge on any atom is -0.353 e. The number of aliphatic imine (C=N–C) groups is 1. The predicted octanol–water partition coefficient (Wildman–Crippen LogP) is 2.27. The Morgan fingerprint density at radius 3 is 2.78 bits per heavy atom. The Morgan fingerprint density at radius 1 is 1.28 bits per heavy atom. The fourth-order valence-electron chi connectivity index (χ4n) is 1.68. The van der Waals surface area contributed by atoms with Crippen molar-refractivity contribution < 1.29 is 0 Å². The van der Waals surface area contributed by atoms with Crippen molar-refractivity contribution in [2.45, 2.75) is 0 Å². The number of rotatable bonds is 1. The monoisotopic (exact) mass is 305 g/mol. The summed E-state index contributed by atoms with van der Waals surface area (Å²) in [5.41, 5.74) is 4.74. The zero-order valence-electron chi connectivity index (χ0n) is 9.15. The molecule has 0 atom stereocenters. The third-order valence-electron chi connectivity index (χ3n) is 2.49. The van der Waals surface area contributed by atoms with E-state index in [1.165, 1.54) is 0 Å². The van der Waals surface area contributed by atoms with Gasteiger partial charge in [0.2, 0.25) is 5.96 Å². The van der Waals surface area contributed by atoms with Crippen LogP contribution in [0.4, 0.5) is 0 Å². The summed E-state index contributed by atoms with van der Waals surface area (Å²) in [7, 11) is 0. The highest BCUT2D eigenvalue weighted by Crippen LogP contribution is 2.26.